The fourth-order valence-corrected chi connectivity index (χ4v) is 2.93. The predicted molar refractivity (Wildman–Crippen MR) is 97.1 cm³/mol. The number of anilines is 1. The highest BCUT2D eigenvalue weighted by Crippen LogP contribution is 2.30. The van der Waals surface area contributed by atoms with E-state index in [1.165, 1.54) is 17.0 Å². The van der Waals surface area contributed by atoms with Crippen molar-refractivity contribution in [1.29, 1.82) is 0 Å². The van der Waals surface area contributed by atoms with E-state index in [1.54, 1.807) is 12.4 Å². The Balaban J connectivity index is 1.59. The first-order valence-electron chi connectivity index (χ1n) is 9.06. The van der Waals surface area contributed by atoms with Crippen LogP contribution in [0.25, 0.3) is 0 Å². The standard InChI is InChI=1S/C19H21F3N4O2/c1-2-13-10-23-17(24-11-13)28-16-7-4-8-26(12-16)18(27)25-15-6-3-5-14(9-15)19(20,21)22/h3,5-6,9-11,16H,2,4,7-8,12H2,1H3,(H,25,27). The maximum absolute atomic E-state index is 12.8. The number of aryl methyl sites for hydroxylation is 1. The van der Waals surface area contributed by atoms with Gasteiger partial charge in [-0.15, -0.1) is 0 Å². The monoisotopic (exact) mass is 394 g/mol. The summed E-state index contributed by atoms with van der Waals surface area (Å²) in [4.78, 5) is 22.3. The lowest BCUT2D eigenvalue weighted by atomic mass is 10.1. The fourth-order valence-electron chi connectivity index (χ4n) is 2.93. The minimum absolute atomic E-state index is 0.0985. The molecular formula is C19H21F3N4O2. The number of rotatable bonds is 4. The molecule has 0 spiro atoms. The van der Waals surface area contributed by atoms with Crippen molar-refractivity contribution in [1.82, 2.24) is 14.9 Å². The van der Waals surface area contributed by atoms with Crippen LogP contribution in [-0.2, 0) is 12.6 Å². The largest absolute Gasteiger partial charge is 0.458 e. The van der Waals surface area contributed by atoms with E-state index in [0.717, 1.165) is 30.5 Å². The number of nitrogens with zero attached hydrogens (tertiary/aromatic N) is 3. The summed E-state index contributed by atoms with van der Waals surface area (Å²) in [5, 5.41) is 2.52. The van der Waals surface area contributed by atoms with E-state index < -0.39 is 17.8 Å². The SMILES string of the molecule is CCc1cnc(OC2CCCN(C(=O)Nc3cccc(C(F)(F)F)c3)C2)nc1. The summed E-state index contributed by atoms with van der Waals surface area (Å²) >= 11 is 0. The zero-order valence-electron chi connectivity index (χ0n) is 15.4. The summed E-state index contributed by atoms with van der Waals surface area (Å²) in [6, 6.07) is 4.35. The molecule has 6 nitrogen and oxygen atoms in total. The van der Waals surface area contributed by atoms with Crippen LogP contribution < -0.4 is 10.1 Å². The van der Waals surface area contributed by atoms with E-state index in [0.29, 0.717) is 19.5 Å². The van der Waals surface area contributed by atoms with Gasteiger partial charge in [0.2, 0.25) is 0 Å². The summed E-state index contributed by atoms with van der Waals surface area (Å²) in [5.41, 5.74) is 0.289. The number of likely N-dealkylation sites (tertiary alicyclic amines) is 1. The van der Waals surface area contributed by atoms with Crippen molar-refractivity contribution in [2.24, 2.45) is 0 Å². The van der Waals surface area contributed by atoms with Crippen molar-refractivity contribution < 1.29 is 22.7 Å². The highest BCUT2D eigenvalue weighted by Gasteiger charge is 2.31. The number of ether oxygens (including phenoxy) is 1. The highest BCUT2D eigenvalue weighted by atomic mass is 19.4. The molecule has 1 aromatic heterocycles. The molecule has 1 aromatic carbocycles. The van der Waals surface area contributed by atoms with Crippen LogP contribution in [0, 0.1) is 0 Å². The second kappa shape index (κ2) is 8.45. The number of carbonyl (C=O) groups excluding carboxylic acids is 1. The molecule has 0 radical (unpaired) electrons. The topological polar surface area (TPSA) is 67.3 Å². The normalized spacial score (nSPS) is 17.3. The van der Waals surface area contributed by atoms with Crippen LogP contribution in [0.3, 0.4) is 0 Å². The molecule has 0 aliphatic carbocycles. The molecule has 1 unspecified atom stereocenters. The summed E-state index contributed by atoms with van der Waals surface area (Å²) in [5.74, 6) is 0. The number of halogens is 3. The Labute approximate surface area is 160 Å². The van der Waals surface area contributed by atoms with Crippen LogP contribution >= 0.6 is 0 Å². The predicted octanol–water partition coefficient (Wildman–Crippen LogP) is 4.13. The number of nitrogens with one attached hydrogen (secondary N) is 1. The van der Waals surface area contributed by atoms with Crippen LogP contribution in [0.5, 0.6) is 6.01 Å². The van der Waals surface area contributed by atoms with Crippen molar-refractivity contribution in [2.75, 3.05) is 18.4 Å². The molecule has 1 aliphatic rings. The molecule has 1 fully saturated rings. The lowest BCUT2D eigenvalue weighted by Gasteiger charge is -2.32. The molecule has 1 saturated heterocycles. The minimum atomic E-state index is -4.46. The fraction of sp³-hybridized carbons (Fsp3) is 0.421. The molecule has 2 heterocycles. The lowest BCUT2D eigenvalue weighted by molar-refractivity contribution is -0.137. The summed E-state index contributed by atoms with van der Waals surface area (Å²) in [7, 11) is 0. The summed E-state index contributed by atoms with van der Waals surface area (Å²) in [6.45, 7) is 2.81. The Morgan fingerprint density at radius 3 is 2.75 bits per heavy atom. The smallest absolute Gasteiger partial charge is 0.416 e. The second-order valence-corrected chi connectivity index (χ2v) is 6.56. The first-order valence-corrected chi connectivity index (χ1v) is 9.06. The van der Waals surface area contributed by atoms with Gasteiger partial charge in [0.25, 0.3) is 0 Å². The van der Waals surface area contributed by atoms with Gasteiger partial charge in [-0.1, -0.05) is 13.0 Å². The number of urea groups is 1. The van der Waals surface area contributed by atoms with E-state index in [2.05, 4.69) is 15.3 Å². The van der Waals surface area contributed by atoms with Gasteiger partial charge in [0.1, 0.15) is 6.10 Å². The van der Waals surface area contributed by atoms with Gasteiger partial charge >= 0.3 is 18.2 Å². The van der Waals surface area contributed by atoms with Gasteiger partial charge < -0.3 is 15.0 Å². The van der Waals surface area contributed by atoms with Crippen molar-refractivity contribution in [2.45, 2.75) is 38.5 Å². The molecule has 1 atom stereocenters. The van der Waals surface area contributed by atoms with Gasteiger partial charge in [0, 0.05) is 24.6 Å². The quantitative estimate of drug-likeness (QED) is 0.847. The molecule has 150 valence electrons. The first kappa shape index (κ1) is 19.9. The van der Waals surface area contributed by atoms with Gasteiger partial charge in [0.15, 0.2) is 0 Å². The Kier molecular flexibility index (Phi) is 6.01. The van der Waals surface area contributed by atoms with Gasteiger partial charge in [-0.2, -0.15) is 13.2 Å². The third kappa shape index (κ3) is 5.11. The molecule has 2 amide bonds. The van der Waals surface area contributed by atoms with Crippen molar-refractivity contribution in [3.05, 3.63) is 47.8 Å². The number of alkyl halides is 3. The van der Waals surface area contributed by atoms with Crippen LogP contribution in [0.4, 0.5) is 23.7 Å². The number of hydrogen-bond donors (Lipinski definition) is 1. The zero-order valence-corrected chi connectivity index (χ0v) is 15.4. The lowest BCUT2D eigenvalue weighted by Crippen LogP contribution is -2.46. The van der Waals surface area contributed by atoms with Crippen molar-refractivity contribution >= 4 is 11.7 Å². The van der Waals surface area contributed by atoms with E-state index in [9.17, 15) is 18.0 Å². The van der Waals surface area contributed by atoms with Gasteiger partial charge in [0.05, 0.1) is 12.1 Å². The highest BCUT2D eigenvalue weighted by molar-refractivity contribution is 5.89. The number of carbonyl (C=O) groups is 1. The third-order valence-electron chi connectivity index (χ3n) is 4.47. The van der Waals surface area contributed by atoms with Gasteiger partial charge in [-0.25, -0.2) is 14.8 Å². The Morgan fingerprint density at radius 2 is 2.07 bits per heavy atom. The molecule has 3 rings (SSSR count). The second-order valence-electron chi connectivity index (χ2n) is 6.56. The molecule has 0 saturated carbocycles. The molecule has 9 heteroatoms. The molecule has 1 aliphatic heterocycles. The molecule has 28 heavy (non-hydrogen) atoms. The number of hydrogen-bond acceptors (Lipinski definition) is 4. The van der Waals surface area contributed by atoms with Crippen LogP contribution in [-0.4, -0.2) is 40.1 Å². The van der Waals surface area contributed by atoms with Gasteiger partial charge in [-0.05, 0) is 43.0 Å². The van der Waals surface area contributed by atoms with E-state index in [1.807, 2.05) is 6.92 Å². The maximum atomic E-state index is 12.8. The average molecular weight is 394 g/mol. The number of aromatic nitrogens is 2. The zero-order chi connectivity index (χ0) is 20.1. The first-order chi connectivity index (χ1) is 13.3. The Hall–Kier alpha value is -2.84. The van der Waals surface area contributed by atoms with Crippen molar-refractivity contribution in [3.8, 4) is 6.01 Å². The summed E-state index contributed by atoms with van der Waals surface area (Å²) < 4.78 is 44.2. The Bertz CT molecular complexity index is 812. The molecule has 0 bridgehead atoms. The maximum Gasteiger partial charge on any atom is 0.416 e. The van der Waals surface area contributed by atoms with Crippen LogP contribution in [0.1, 0.15) is 30.9 Å². The molecular weight excluding hydrogens is 373 g/mol. The van der Waals surface area contributed by atoms with E-state index in [-0.39, 0.29) is 17.8 Å². The van der Waals surface area contributed by atoms with E-state index in [4.69, 9.17) is 4.74 Å². The molecule has 2 aromatic rings. The number of amides is 2. The number of piperidine rings is 1. The Morgan fingerprint density at radius 1 is 1.32 bits per heavy atom. The average Bonchev–Trinajstić information content (AvgIpc) is 2.68. The van der Waals surface area contributed by atoms with Crippen LogP contribution in [0.2, 0.25) is 0 Å². The van der Waals surface area contributed by atoms with Gasteiger partial charge in [-0.3, -0.25) is 0 Å². The minimum Gasteiger partial charge on any atom is -0.458 e. The number of benzene rings is 1. The molecule has 1 N–H and O–H groups in total. The van der Waals surface area contributed by atoms with E-state index >= 15 is 0 Å². The third-order valence-corrected chi connectivity index (χ3v) is 4.47. The summed E-state index contributed by atoms with van der Waals surface area (Å²) in [6.07, 6.45) is 0.950. The van der Waals surface area contributed by atoms with Crippen molar-refractivity contribution in [3.63, 3.8) is 0 Å². The van der Waals surface area contributed by atoms with Crippen LogP contribution in [0.15, 0.2) is 36.7 Å².